The van der Waals surface area contributed by atoms with E-state index in [0.29, 0.717) is 5.92 Å². The van der Waals surface area contributed by atoms with Crippen LogP contribution in [-0.4, -0.2) is 86.6 Å². The van der Waals surface area contributed by atoms with E-state index < -0.39 is 0 Å². The minimum absolute atomic E-state index is 0.615. The molecule has 0 aromatic rings. The number of likely N-dealkylation sites (N-methyl/N-ethyl adjacent to an activating group) is 1. The van der Waals surface area contributed by atoms with Crippen LogP contribution in [0.5, 0.6) is 0 Å². The van der Waals surface area contributed by atoms with Crippen molar-refractivity contribution >= 4 is 5.96 Å². The van der Waals surface area contributed by atoms with Crippen LogP contribution >= 0.6 is 0 Å². The van der Waals surface area contributed by atoms with E-state index in [4.69, 9.17) is 4.99 Å². The van der Waals surface area contributed by atoms with Gasteiger partial charge in [0, 0.05) is 58.9 Å². The van der Waals surface area contributed by atoms with Crippen LogP contribution in [0.2, 0.25) is 0 Å². The van der Waals surface area contributed by atoms with E-state index >= 15 is 0 Å². The first-order valence-electron chi connectivity index (χ1n) is 11.0. The van der Waals surface area contributed by atoms with Crippen molar-refractivity contribution in [2.45, 2.75) is 47.0 Å². The Morgan fingerprint density at radius 2 is 1.77 bits per heavy atom. The summed E-state index contributed by atoms with van der Waals surface area (Å²) >= 11 is 0. The lowest BCUT2D eigenvalue weighted by Gasteiger charge is -2.33. The highest BCUT2D eigenvalue weighted by atomic mass is 15.3. The van der Waals surface area contributed by atoms with Gasteiger partial charge in [0.25, 0.3) is 0 Å². The summed E-state index contributed by atoms with van der Waals surface area (Å²) in [7, 11) is 2.22. The highest BCUT2D eigenvalue weighted by Gasteiger charge is 2.29. The molecule has 0 saturated carbocycles. The predicted octanol–water partition coefficient (Wildman–Crippen LogP) is 2.59. The highest BCUT2D eigenvalue weighted by molar-refractivity contribution is 5.80. The molecule has 2 rings (SSSR count). The Balaban J connectivity index is 1.84. The second-order valence-corrected chi connectivity index (χ2v) is 8.48. The van der Waals surface area contributed by atoms with E-state index in [2.05, 4.69) is 54.8 Å². The molecular weight excluding hydrogens is 322 g/mol. The van der Waals surface area contributed by atoms with Crippen molar-refractivity contribution in [3.63, 3.8) is 0 Å². The number of piperazine rings is 1. The topological polar surface area (TPSA) is 34.1 Å². The van der Waals surface area contributed by atoms with E-state index in [9.17, 15) is 0 Å². The molecule has 152 valence electrons. The van der Waals surface area contributed by atoms with Crippen molar-refractivity contribution in [3.05, 3.63) is 0 Å². The summed E-state index contributed by atoms with van der Waals surface area (Å²) in [5, 5.41) is 3.54. The van der Waals surface area contributed by atoms with Crippen LogP contribution in [-0.2, 0) is 0 Å². The molecule has 0 amide bonds. The molecule has 0 aromatic carbocycles. The Hall–Kier alpha value is -0.810. The van der Waals surface area contributed by atoms with Crippen LogP contribution in [0.3, 0.4) is 0 Å². The lowest BCUT2D eigenvalue weighted by Crippen LogP contribution is -2.46. The molecule has 2 saturated heterocycles. The monoisotopic (exact) mass is 365 g/mol. The molecule has 5 heteroatoms. The fourth-order valence-corrected chi connectivity index (χ4v) is 4.52. The molecule has 1 N–H and O–H groups in total. The summed E-state index contributed by atoms with van der Waals surface area (Å²) < 4.78 is 0. The van der Waals surface area contributed by atoms with Gasteiger partial charge < -0.3 is 20.0 Å². The number of hydrogen-bond donors (Lipinski definition) is 1. The van der Waals surface area contributed by atoms with Gasteiger partial charge in [-0.1, -0.05) is 33.6 Å². The number of nitrogens with zero attached hydrogens (tertiary/aromatic N) is 4. The Labute approximate surface area is 162 Å². The summed E-state index contributed by atoms with van der Waals surface area (Å²) in [6.07, 6.45) is 3.95. The maximum atomic E-state index is 5.02. The zero-order valence-electron chi connectivity index (χ0n) is 18.0. The van der Waals surface area contributed by atoms with E-state index in [1.54, 1.807) is 0 Å². The van der Waals surface area contributed by atoms with Crippen LogP contribution in [0.1, 0.15) is 47.0 Å². The van der Waals surface area contributed by atoms with Crippen LogP contribution in [0.15, 0.2) is 4.99 Å². The van der Waals surface area contributed by atoms with Gasteiger partial charge in [0.05, 0.1) is 0 Å². The van der Waals surface area contributed by atoms with Crippen molar-refractivity contribution in [1.82, 2.24) is 20.0 Å². The molecule has 26 heavy (non-hydrogen) atoms. The SMILES string of the molecule is CCNC(=NCC(C)CN1CCN(C)CC1)N1CCC(C(CC)CC)C1. The number of aliphatic imine (C=N–C) groups is 1. The van der Waals surface area contributed by atoms with E-state index in [1.165, 1.54) is 65.1 Å². The predicted molar refractivity (Wildman–Crippen MR) is 113 cm³/mol. The lowest BCUT2D eigenvalue weighted by molar-refractivity contribution is 0.140. The van der Waals surface area contributed by atoms with Crippen LogP contribution in [0.25, 0.3) is 0 Å². The summed E-state index contributed by atoms with van der Waals surface area (Å²) in [5.74, 6) is 3.48. The third-order valence-corrected chi connectivity index (χ3v) is 6.29. The Morgan fingerprint density at radius 3 is 2.38 bits per heavy atom. The number of nitrogens with one attached hydrogen (secondary N) is 1. The van der Waals surface area contributed by atoms with Gasteiger partial charge in [-0.25, -0.2) is 0 Å². The molecule has 5 nitrogen and oxygen atoms in total. The number of hydrogen-bond acceptors (Lipinski definition) is 3. The van der Waals surface area contributed by atoms with Crippen LogP contribution < -0.4 is 5.32 Å². The molecule has 0 aliphatic carbocycles. The first-order chi connectivity index (χ1) is 12.6. The van der Waals surface area contributed by atoms with E-state index in [1.807, 2.05) is 0 Å². The van der Waals surface area contributed by atoms with Gasteiger partial charge in [-0.3, -0.25) is 4.99 Å². The molecule has 0 aromatic heterocycles. The van der Waals surface area contributed by atoms with Crippen molar-refractivity contribution in [2.75, 3.05) is 66.0 Å². The number of guanidine groups is 1. The maximum Gasteiger partial charge on any atom is 0.193 e. The molecule has 0 radical (unpaired) electrons. The molecule has 0 spiro atoms. The summed E-state index contributed by atoms with van der Waals surface area (Å²) in [6, 6.07) is 0. The average molecular weight is 366 g/mol. The molecule has 2 atom stereocenters. The van der Waals surface area contributed by atoms with Crippen molar-refractivity contribution in [1.29, 1.82) is 0 Å². The van der Waals surface area contributed by atoms with Gasteiger partial charge in [0.15, 0.2) is 5.96 Å². The van der Waals surface area contributed by atoms with Crippen molar-refractivity contribution in [3.8, 4) is 0 Å². The summed E-state index contributed by atoms with van der Waals surface area (Å²) in [6.45, 7) is 19.4. The van der Waals surface area contributed by atoms with E-state index in [0.717, 1.165) is 30.9 Å². The molecule has 0 bridgehead atoms. The van der Waals surface area contributed by atoms with Gasteiger partial charge in [-0.05, 0) is 38.1 Å². The molecule has 2 aliphatic rings. The molecule has 2 aliphatic heterocycles. The van der Waals surface area contributed by atoms with Gasteiger partial charge in [-0.15, -0.1) is 0 Å². The first-order valence-corrected chi connectivity index (χ1v) is 11.0. The Kier molecular flexibility index (Phi) is 9.20. The molecular formula is C21H43N5. The largest absolute Gasteiger partial charge is 0.357 e. The quantitative estimate of drug-likeness (QED) is 0.530. The van der Waals surface area contributed by atoms with Crippen molar-refractivity contribution < 1.29 is 0 Å². The first kappa shape index (κ1) is 21.5. The fraction of sp³-hybridized carbons (Fsp3) is 0.952. The standard InChI is InChI=1S/C21H43N5/c1-6-19(7-2)20-9-10-26(17-20)21(22-8-3)23-15-18(4)16-25-13-11-24(5)12-14-25/h18-20H,6-17H2,1-5H3,(H,22,23). The van der Waals surface area contributed by atoms with Gasteiger partial charge in [0.1, 0.15) is 0 Å². The zero-order chi connectivity index (χ0) is 18.9. The van der Waals surface area contributed by atoms with Crippen molar-refractivity contribution in [2.24, 2.45) is 22.7 Å². The molecule has 2 heterocycles. The fourth-order valence-electron chi connectivity index (χ4n) is 4.52. The van der Waals surface area contributed by atoms with Gasteiger partial charge in [-0.2, -0.15) is 0 Å². The second kappa shape index (κ2) is 11.1. The molecule has 2 fully saturated rings. The van der Waals surface area contributed by atoms with Gasteiger partial charge >= 0.3 is 0 Å². The third kappa shape index (κ3) is 6.41. The van der Waals surface area contributed by atoms with Crippen LogP contribution in [0, 0.1) is 17.8 Å². The maximum absolute atomic E-state index is 5.02. The second-order valence-electron chi connectivity index (χ2n) is 8.48. The highest BCUT2D eigenvalue weighted by Crippen LogP contribution is 2.28. The minimum atomic E-state index is 0.615. The Morgan fingerprint density at radius 1 is 1.08 bits per heavy atom. The van der Waals surface area contributed by atoms with Gasteiger partial charge in [0.2, 0.25) is 0 Å². The number of rotatable bonds is 8. The summed E-state index contributed by atoms with van der Waals surface area (Å²) in [4.78, 5) is 12.6. The Bertz CT molecular complexity index is 413. The lowest BCUT2D eigenvalue weighted by atomic mass is 9.87. The zero-order valence-corrected chi connectivity index (χ0v) is 18.0. The van der Waals surface area contributed by atoms with Crippen LogP contribution in [0.4, 0.5) is 0 Å². The minimum Gasteiger partial charge on any atom is -0.357 e. The summed E-state index contributed by atoms with van der Waals surface area (Å²) in [5.41, 5.74) is 0. The number of likely N-dealkylation sites (tertiary alicyclic amines) is 1. The van der Waals surface area contributed by atoms with E-state index in [-0.39, 0.29) is 0 Å². The smallest absolute Gasteiger partial charge is 0.193 e. The third-order valence-electron chi connectivity index (χ3n) is 6.29. The average Bonchev–Trinajstić information content (AvgIpc) is 3.11. The normalized spacial score (nSPS) is 24.5. The molecule has 2 unspecified atom stereocenters.